The van der Waals surface area contributed by atoms with Gasteiger partial charge in [0.1, 0.15) is 61.0 Å². The number of carboxylic acid groups (broad SMARTS) is 3. The first-order valence-corrected chi connectivity index (χ1v) is 25.1. The molecule has 4 saturated carbocycles. The molecule has 0 unspecified atom stereocenters. The topological polar surface area (TPSA) is 352 Å². The normalized spacial score (nSPS) is 52.1. The van der Waals surface area contributed by atoms with Crippen LogP contribution < -0.4 is 0 Å². The second kappa shape index (κ2) is 18.8. The van der Waals surface area contributed by atoms with Gasteiger partial charge in [0.25, 0.3) is 0 Å². The number of fused-ring (bicyclic) bond motifs is 7. The summed E-state index contributed by atoms with van der Waals surface area (Å²) in [6.07, 6.45) is -25.2. The van der Waals surface area contributed by atoms with E-state index in [0.717, 1.165) is 5.57 Å². The van der Waals surface area contributed by atoms with Crippen molar-refractivity contribution in [2.75, 3.05) is 0 Å². The Balaban J connectivity index is 1.09. The number of carboxylic acids is 3. The van der Waals surface area contributed by atoms with Crippen molar-refractivity contribution in [2.24, 2.45) is 50.2 Å². The van der Waals surface area contributed by atoms with Crippen LogP contribution >= 0.6 is 0 Å². The summed E-state index contributed by atoms with van der Waals surface area (Å²) in [6, 6.07) is 0. The van der Waals surface area contributed by atoms with E-state index in [2.05, 4.69) is 20.8 Å². The zero-order valence-electron chi connectivity index (χ0n) is 42.2. The van der Waals surface area contributed by atoms with Gasteiger partial charge in [0.05, 0.1) is 17.6 Å². The number of rotatable bonds is 10. The smallest absolute Gasteiger partial charge is 0.335 e. The highest BCUT2D eigenvalue weighted by molar-refractivity contribution is 5.95. The standard InChI is InChI=1S/C50H74O22/c1-19-27(53)28(54)33(59)41(66-19)71-37-32(58)30(56)35(40(62)63)70-43(37)72-36-31(57)29(55)34(39(60)61)69-42(36)68-25-11-12-48(7)24(45(25,3)4)10-13-50(9)38(48)23(52)16-21-22-17-46(5,44(64)65)18-26(67-20(2)51)47(22,6)14-15-49(21,50)8/h16,19,22,24-38,41-43,53-59H,10-15,17-18H2,1-9H3,(H,60,61)(H,62,63)(H,64,65)/t19-,22-,24-,25-,26+,27-,28+,29-,30-,31-,32-,33+,34-,35-,36+,37+,38+,41-,42-,43-,46+,47+,48-,49+,50+/m0/s1. The number of carbonyl (C=O) groups excluding carboxylic acids is 2. The van der Waals surface area contributed by atoms with Crippen molar-refractivity contribution in [3.63, 3.8) is 0 Å². The minimum Gasteiger partial charge on any atom is -0.481 e. The highest BCUT2D eigenvalue weighted by Crippen LogP contribution is 2.75. The minimum absolute atomic E-state index is 0.0729. The second-order valence-corrected chi connectivity index (χ2v) is 24.1. The zero-order valence-corrected chi connectivity index (χ0v) is 42.2. The van der Waals surface area contributed by atoms with Crippen LogP contribution in [-0.2, 0) is 57.1 Å². The van der Waals surface area contributed by atoms with Gasteiger partial charge >= 0.3 is 23.9 Å². The highest BCUT2D eigenvalue weighted by atomic mass is 16.8. The van der Waals surface area contributed by atoms with E-state index in [0.29, 0.717) is 32.1 Å². The van der Waals surface area contributed by atoms with Gasteiger partial charge in [-0.15, -0.1) is 0 Å². The maximum atomic E-state index is 15.2. The molecule has 0 aromatic carbocycles. The lowest BCUT2D eigenvalue weighted by molar-refractivity contribution is -0.392. The SMILES string of the molecule is CC(=O)O[C@@H]1C[C@](C)(C(=O)O)C[C@H]2C3=CC(=O)[C@@H]4[C@@]5(C)CC[C@H](O[C@H]6O[C@H](C(=O)O)[C@@H](O)[C@H](O)[C@H]6O[C@@H]6O[C@H](C(=O)O)[C@@H](O)[C@H](O)[C@H]6O[C@@H]6O[C@@H](C)[C@H](O)[C@@H](O)[C@H]6O)C(C)(C)[C@@H]5CC[C@@]4(C)[C@]3(C)CC[C@@]12C. The second-order valence-electron chi connectivity index (χ2n) is 24.1. The predicted molar refractivity (Wildman–Crippen MR) is 242 cm³/mol. The first-order valence-electron chi connectivity index (χ1n) is 25.1. The molecular weight excluding hydrogens is 953 g/mol. The number of ketones is 1. The predicted octanol–water partition coefficient (Wildman–Crippen LogP) is 0.639. The average Bonchev–Trinajstić information content (AvgIpc) is 3.28. The molecule has 22 heteroatoms. The Morgan fingerprint density at radius 2 is 1.17 bits per heavy atom. The lowest BCUT2D eigenvalue weighted by Crippen LogP contribution is -2.69. The maximum Gasteiger partial charge on any atom is 0.335 e. The summed E-state index contributed by atoms with van der Waals surface area (Å²) in [7, 11) is 0. The van der Waals surface area contributed by atoms with E-state index in [1.54, 1.807) is 13.0 Å². The van der Waals surface area contributed by atoms with Crippen LogP contribution in [0.1, 0.15) is 114 Å². The molecule has 0 bridgehead atoms. The summed E-state index contributed by atoms with van der Waals surface area (Å²) in [5.41, 5.74) is -3.56. The van der Waals surface area contributed by atoms with Crippen LogP contribution in [-0.4, -0.2) is 185 Å². The Labute approximate surface area is 416 Å². The number of ether oxygens (including phenoxy) is 7. The summed E-state index contributed by atoms with van der Waals surface area (Å²) in [5, 5.41) is 107. The van der Waals surface area contributed by atoms with Crippen molar-refractivity contribution in [2.45, 2.75) is 218 Å². The number of aliphatic carboxylic acids is 3. The first-order chi connectivity index (χ1) is 33.3. The van der Waals surface area contributed by atoms with Gasteiger partial charge in [-0.2, -0.15) is 0 Å². The largest absolute Gasteiger partial charge is 0.481 e. The third kappa shape index (κ3) is 8.46. The quantitative estimate of drug-likeness (QED) is 0.106. The number of hydrogen-bond acceptors (Lipinski definition) is 19. The molecule has 5 aliphatic carbocycles. The van der Waals surface area contributed by atoms with Gasteiger partial charge in [0.2, 0.25) is 0 Å². The third-order valence-electron chi connectivity index (χ3n) is 19.7. The van der Waals surface area contributed by atoms with Crippen molar-refractivity contribution in [1.29, 1.82) is 0 Å². The molecule has 3 saturated heterocycles. The van der Waals surface area contributed by atoms with Crippen molar-refractivity contribution >= 4 is 29.7 Å². The van der Waals surface area contributed by atoms with Crippen LogP contribution in [0.25, 0.3) is 0 Å². The van der Waals surface area contributed by atoms with Crippen molar-refractivity contribution in [1.82, 2.24) is 0 Å². The summed E-state index contributed by atoms with van der Waals surface area (Å²) in [6.45, 7) is 16.8. The summed E-state index contributed by atoms with van der Waals surface area (Å²) >= 11 is 0. The van der Waals surface area contributed by atoms with Gasteiger partial charge in [-0.25, -0.2) is 9.59 Å². The Bertz CT molecular complexity index is 2190. The molecule has 22 nitrogen and oxygen atoms in total. The van der Waals surface area contributed by atoms with Crippen LogP contribution in [0.5, 0.6) is 0 Å². The Hall–Kier alpha value is -3.23. The number of aliphatic hydroxyl groups excluding tert-OH is 7. The van der Waals surface area contributed by atoms with Crippen LogP contribution in [0.2, 0.25) is 0 Å². The number of esters is 1. The highest BCUT2D eigenvalue weighted by Gasteiger charge is 2.72. The lowest BCUT2D eigenvalue weighted by Gasteiger charge is -2.71. The molecule has 0 aromatic heterocycles. The molecule has 3 aliphatic heterocycles. The molecule has 7 fully saturated rings. The fourth-order valence-electron chi connectivity index (χ4n) is 15.2. The van der Waals surface area contributed by atoms with Crippen molar-refractivity contribution < 1.29 is 108 Å². The molecule has 3 heterocycles. The molecule has 8 rings (SSSR count). The van der Waals surface area contributed by atoms with E-state index >= 15 is 4.79 Å². The molecule has 72 heavy (non-hydrogen) atoms. The minimum atomic E-state index is -2.18. The summed E-state index contributed by atoms with van der Waals surface area (Å²) < 4.78 is 41.5. The molecule has 25 atom stereocenters. The fourth-order valence-corrected chi connectivity index (χ4v) is 15.2. The van der Waals surface area contributed by atoms with E-state index in [-0.39, 0.29) is 36.9 Å². The van der Waals surface area contributed by atoms with Crippen molar-refractivity contribution in [3.8, 4) is 0 Å². The molecular formula is C50H74O22. The third-order valence-corrected chi connectivity index (χ3v) is 19.7. The Kier molecular flexibility index (Phi) is 14.4. The van der Waals surface area contributed by atoms with E-state index in [4.69, 9.17) is 33.2 Å². The molecule has 0 spiro atoms. The molecule has 0 amide bonds. The maximum absolute atomic E-state index is 15.2. The van der Waals surface area contributed by atoms with Gasteiger partial charge in [-0.1, -0.05) is 47.1 Å². The number of hydrogen-bond donors (Lipinski definition) is 10. The Morgan fingerprint density at radius 3 is 1.71 bits per heavy atom. The van der Waals surface area contributed by atoms with Crippen LogP contribution in [0.4, 0.5) is 0 Å². The monoisotopic (exact) mass is 1030 g/mol. The van der Waals surface area contributed by atoms with E-state index in [1.165, 1.54) is 13.8 Å². The fraction of sp³-hybridized carbons (Fsp3) is 0.860. The first kappa shape index (κ1) is 55.0. The molecule has 0 aromatic rings. The van der Waals surface area contributed by atoms with Crippen LogP contribution in [0, 0.1) is 50.2 Å². The van der Waals surface area contributed by atoms with E-state index in [9.17, 15) is 70.2 Å². The Morgan fingerprint density at radius 1 is 0.611 bits per heavy atom. The molecule has 10 N–H and O–H groups in total. The van der Waals surface area contributed by atoms with Crippen LogP contribution in [0.3, 0.4) is 0 Å². The lowest BCUT2D eigenvalue weighted by atomic mass is 9.33. The zero-order chi connectivity index (χ0) is 53.3. The summed E-state index contributed by atoms with van der Waals surface area (Å²) in [5.74, 6) is -6.08. The van der Waals surface area contributed by atoms with Crippen LogP contribution in [0.15, 0.2) is 11.6 Å². The molecule has 406 valence electrons. The van der Waals surface area contributed by atoms with E-state index < -0.39 is 167 Å². The molecule has 8 aliphatic rings. The number of allylic oxidation sites excluding steroid dienone is 2. The van der Waals surface area contributed by atoms with Gasteiger partial charge in [0, 0.05) is 24.7 Å². The summed E-state index contributed by atoms with van der Waals surface area (Å²) in [4.78, 5) is 65.3. The van der Waals surface area contributed by atoms with Crippen molar-refractivity contribution in [3.05, 3.63) is 11.6 Å². The van der Waals surface area contributed by atoms with Gasteiger partial charge in [-0.3, -0.25) is 14.4 Å². The molecule has 0 radical (unpaired) electrons. The number of aliphatic hydroxyl groups is 7. The average molecular weight is 1030 g/mol. The van der Waals surface area contributed by atoms with E-state index in [1.807, 2.05) is 20.8 Å². The number of carbonyl (C=O) groups is 5. The van der Waals surface area contributed by atoms with Gasteiger partial charge in [0.15, 0.2) is 36.9 Å². The van der Waals surface area contributed by atoms with Gasteiger partial charge in [-0.05, 0) is 98.4 Å². The van der Waals surface area contributed by atoms with Gasteiger partial charge < -0.3 is 84.2 Å².